The van der Waals surface area contributed by atoms with Crippen molar-refractivity contribution < 1.29 is 18.6 Å². The van der Waals surface area contributed by atoms with Gasteiger partial charge in [-0.2, -0.15) is 0 Å². The molecular formula is C15H14ClF2NO2. The largest absolute Gasteiger partial charge is 0.491 e. The maximum Gasteiger partial charge on any atom is 0.160 e. The molecule has 0 saturated carbocycles. The molecule has 21 heavy (non-hydrogen) atoms. The number of benzene rings is 2. The molecule has 0 amide bonds. The van der Waals surface area contributed by atoms with Gasteiger partial charge in [0.15, 0.2) is 11.6 Å². The molecule has 0 aliphatic heterocycles. The molecule has 0 aliphatic carbocycles. The van der Waals surface area contributed by atoms with Gasteiger partial charge in [-0.05, 0) is 30.3 Å². The van der Waals surface area contributed by atoms with E-state index in [4.69, 9.17) is 16.3 Å². The molecule has 0 bridgehead atoms. The van der Waals surface area contributed by atoms with Gasteiger partial charge in [-0.3, -0.25) is 0 Å². The van der Waals surface area contributed by atoms with Gasteiger partial charge in [0.1, 0.15) is 18.5 Å². The second kappa shape index (κ2) is 7.24. The third-order valence-electron chi connectivity index (χ3n) is 2.70. The van der Waals surface area contributed by atoms with Gasteiger partial charge < -0.3 is 15.2 Å². The molecule has 2 N–H and O–H groups in total. The Morgan fingerprint density at radius 2 is 1.95 bits per heavy atom. The van der Waals surface area contributed by atoms with Crippen molar-refractivity contribution in [1.29, 1.82) is 0 Å². The normalized spacial score (nSPS) is 12.0. The SMILES string of the molecule is OC(CNc1ccc(F)c(F)c1)COc1cccc(Cl)c1. The number of ether oxygens (including phenoxy) is 1. The monoisotopic (exact) mass is 313 g/mol. The van der Waals surface area contributed by atoms with Crippen LogP contribution in [0.25, 0.3) is 0 Å². The zero-order valence-electron chi connectivity index (χ0n) is 11.0. The number of hydrogen-bond donors (Lipinski definition) is 2. The summed E-state index contributed by atoms with van der Waals surface area (Å²) in [4.78, 5) is 0. The first-order valence-corrected chi connectivity index (χ1v) is 6.68. The van der Waals surface area contributed by atoms with Crippen LogP contribution in [0.2, 0.25) is 5.02 Å². The van der Waals surface area contributed by atoms with Crippen LogP contribution in [0.4, 0.5) is 14.5 Å². The predicted molar refractivity (Wildman–Crippen MR) is 77.8 cm³/mol. The fourth-order valence-corrected chi connectivity index (χ4v) is 1.83. The Morgan fingerprint density at radius 1 is 1.14 bits per heavy atom. The average molecular weight is 314 g/mol. The average Bonchev–Trinajstić information content (AvgIpc) is 2.46. The molecule has 2 aromatic rings. The molecule has 2 rings (SSSR count). The van der Waals surface area contributed by atoms with Crippen LogP contribution in [-0.2, 0) is 0 Å². The van der Waals surface area contributed by atoms with Crippen molar-refractivity contribution in [3.63, 3.8) is 0 Å². The van der Waals surface area contributed by atoms with E-state index in [0.717, 1.165) is 12.1 Å². The third kappa shape index (κ3) is 4.88. The molecule has 0 heterocycles. The molecule has 1 atom stereocenters. The van der Waals surface area contributed by atoms with Gasteiger partial charge in [0.25, 0.3) is 0 Å². The zero-order valence-corrected chi connectivity index (χ0v) is 11.8. The molecule has 0 radical (unpaired) electrons. The lowest BCUT2D eigenvalue weighted by atomic mass is 10.3. The highest BCUT2D eigenvalue weighted by molar-refractivity contribution is 6.30. The van der Waals surface area contributed by atoms with Gasteiger partial charge in [0, 0.05) is 23.3 Å². The second-order valence-corrected chi connectivity index (χ2v) is 4.87. The smallest absolute Gasteiger partial charge is 0.160 e. The van der Waals surface area contributed by atoms with Crippen molar-refractivity contribution >= 4 is 17.3 Å². The van der Waals surface area contributed by atoms with Crippen molar-refractivity contribution in [2.45, 2.75) is 6.10 Å². The highest BCUT2D eigenvalue weighted by Gasteiger charge is 2.07. The number of rotatable bonds is 6. The van der Waals surface area contributed by atoms with Crippen molar-refractivity contribution in [2.24, 2.45) is 0 Å². The first-order valence-electron chi connectivity index (χ1n) is 6.30. The highest BCUT2D eigenvalue weighted by atomic mass is 35.5. The summed E-state index contributed by atoms with van der Waals surface area (Å²) in [6, 6.07) is 10.3. The van der Waals surface area contributed by atoms with E-state index in [0.29, 0.717) is 16.5 Å². The fourth-order valence-electron chi connectivity index (χ4n) is 1.65. The van der Waals surface area contributed by atoms with Crippen LogP contribution in [0.3, 0.4) is 0 Å². The van der Waals surface area contributed by atoms with Gasteiger partial charge >= 0.3 is 0 Å². The lowest BCUT2D eigenvalue weighted by molar-refractivity contribution is 0.117. The minimum atomic E-state index is -0.940. The standard InChI is InChI=1S/C15H14ClF2NO2/c16-10-2-1-3-13(6-10)21-9-12(20)8-19-11-4-5-14(17)15(18)7-11/h1-7,12,19-20H,8-9H2. The number of anilines is 1. The Bertz CT molecular complexity index is 610. The van der Waals surface area contributed by atoms with E-state index in [2.05, 4.69) is 5.32 Å². The van der Waals surface area contributed by atoms with Gasteiger partial charge in [-0.1, -0.05) is 17.7 Å². The molecule has 2 aromatic carbocycles. The minimum absolute atomic E-state index is 0.0526. The van der Waals surface area contributed by atoms with Gasteiger partial charge in [-0.15, -0.1) is 0 Å². The summed E-state index contributed by atoms with van der Waals surface area (Å²) in [5.74, 6) is -1.30. The Kier molecular flexibility index (Phi) is 5.36. The van der Waals surface area contributed by atoms with Crippen LogP contribution >= 0.6 is 11.6 Å². The highest BCUT2D eigenvalue weighted by Crippen LogP contribution is 2.17. The summed E-state index contributed by atoms with van der Waals surface area (Å²) >= 11 is 5.81. The molecule has 0 aliphatic rings. The predicted octanol–water partition coefficient (Wildman–Crippen LogP) is 3.47. The molecule has 3 nitrogen and oxygen atoms in total. The summed E-state index contributed by atoms with van der Waals surface area (Å²) < 4.78 is 31.1. The van der Waals surface area contributed by atoms with Crippen molar-refractivity contribution in [3.05, 3.63) is 59.1 Å². The summed E-state index contributed by atoms with van der Waals surface area (Å²) in [6.07, 6.45) is -0.808. The Labute approximate surface area is 126 Å². The molecule has 1 unspecified atom stereocenters. The van der Waals surface area contributed by atoms with Crippen LogP contribution in [0.5, 0.6) is 5.75 Å². The molecular weight excluding hydrogens is 300 g/mol. The molecule has 0 aromatic heterocycles. The summed E-state index contributed by atoms with van der Waals surface area (Å²) in [6.45, 7) is 0.197. The summed E-state index contributed by atoms with van der Waals surface area (Å²) in [5.41, 5.74) is 0.385. The maximum absolute atomic E-state index is 13.0. The number of nitrogens with one attached hydrogen (secondary N) is 1. The van der Waals surface area contributed by atoms with Crippen molar-refractivity contribution in [1.82, 2.24) is 0 Å². The van der Waals surface area contributed by atoms with E-state index in [1.807, 2.05) is 0 Å². The van der Waals surface area contributed by atoms with Crippen LogP contribution < -0.4 is 10.1 Å². The van der Waals surface area contributed by atoms with Crippen molar-refractivity contribution in [2.75, 3.05) is 18.5 Å². The molecule has 0 saturated heterocycles. The first-order chi connectivity index (χ1) is 10.0. The Hall–Kier alpha value is -1.85. The van der Waals surface area contributed by atoms with E-state index < -0.39 is 17.7 Å². The van der Waals surface area contributed by atoms with Crippen LogP contribution in [0.15, 0.2) is 42.5 Å². The lowest BCUT2D eigenvalue weighted by Crippen LogP contribution is -2.26. The molecule has 0 fully saturated rings. The zero-order chi connectivity index (χ0) is 15.2. The first kappa shape index (κ1) is 15.5. The maximum atomic E-state index is 13.0. The van der Waals surface area contributed by atoms with E-state index in [-0.39, 0.29) is 13.2 Å². The Balaban J connectivity index is 1.79. The Morgan fingerprint density at radius 3 is 2.67 bits per heavy atom. The van der Waals surface area contributed by atoms with Crippen LogP contribution in [-0.4, -0.2) is 24.4 Å². The number of aliphatic hydroxyl groups is 1. The van der Waals surface area contributed by atoms with E-state index >= 15 is 0 Å². The quantitative estimate of drug-likeness (QED) is 0.858. The van der Waals surface area contributed by atoms with E-state index in [1.54, 1.807) is 24.3 Å². The molecule has 6 heteroatoms. The number of halogens is 3. The second-order valence-electron chi connectivity index (χ2n) is 4.43. The topological polar surface area (TPSA) is 41.5 Å². The van der Waals surface area contributed by atoms with Gasteiger partial charge in [-0.25, -0.2) is 8.78 Å². The van der Waals surface area contributed by atoms with Crippen LogP contribution in [0.1, 0.15) is 0 Å². The minimum Gasteiger partial charge on any atom is -0.491 e. The lowest BCUT2D eigenvalue weighted by Gasteiger charge is -2.14. The van der Waals surface area contributed by atoms with Crippen LogP contribution in [0, 0.1) is 11.6 Å². The van der Waals surface area contributed by atoms with E-state index in [1.165, 1.54) is 6.07 Å². The van der Waals surface area contributed by atoms with Crippen molar-refractivity contribution in [3.8, 4) is 5.75 Å². The van der Waals surface area contributed by atoms with E-state index in [9.17, 15) is 13.9 Å². The van der Waals surface area contributed by atoms with Gasteiger partial charge in [0.05, 0.1) is 0 Å². The number of aliphatic hydroxyl groups excluding tert-OH is 1. The molecule has 112 valence electrons. The molecule has 0 spiro atoms. The number of hydrogen-bond acceptors (Lipinski definition) is 3. The van der Waals surface area contributed by atoms with Gasteiger partial charge in [0.2, 0.25) is 0 Å². The fraction of sp³-hybridized carbons (Fsp3) is 0.200. The summed E-state index contributed by atoms with van der Waals surface area (Å²) in [5, 5.41) is 13.1. The third-order valence-corrected chi connectivity index (χ3v) is 2.93. The summed E-state index contributed by atoms with van der Waals surface area (Å²) in [7, 11) is 0.